The van der Waals surface area contributed by atoms with E-state index in [9.17, 15) is 13.0 Å². The Morgan fingerprint density at radius 3 is 1.86 bits per heavy atom. The topological polar surface area (TPSA) is 54.4 Å². The number of hydrogen-bond donors (Lipinski definition) is 1. The molecule has 0 aliphatic heterocycles. The summed E-state index contributed by atoms with van der Waals surface area (Å²) >= 11 is 0. The van der Waals surface area contributed by atoms with Gasteiger partial charge < -0.3 is 0 Å². The molecule has 0 saturated carbocycles. The molecule has 0 fully saturated rings. The zero-order valence-electron chi connectivity index (χ0n) is 17.5. The first kappa shape index (κ1) is 22.9. The predicted octanol–water partition coefficient (Wildman–Crippen LogP) is 7.11. The minimum Gasteiger partial charge on any atom is -0.282 e. The van der Waals surface area contributed by atoms with Gasteiger partial charge in [-0.25, -0.2) is 0 Å². The van der Waals surface area contributed by atoms with Crippen LogP contribution in [0.1, 0.15) is 89.2 Å². The first-order valence-corrected chi connectivity index (χ1v) is 12.4. The van der Waals surface area contributed by atoms with Crippen molar-refractivity contribution in [1.82, 2.24) is 0 Å². The van der Waals surface area contributed by atoms with Crippen LogP contribution in [0, 0.1) is 0 Å². The van der Waals surface area contributed by atoms with Crippen molar-refractivity contribution in [3.05, 3.63) is 41.5 Å². The number of unbranched alkanes of at least 4 members (excludes halogenated alkanes) is 8. The molecule has 0 atom stereocenters. The van der Waals surface area contributed by atoms with Crippen LogP contribution in [0.2, 0.25) is 0 Å². The third-order valence-electron chi connectivity index (χ3n) is 5.57. The Bertz CT molecular complexity index is 840. The van der Waals surface area contributed by atoms with Gasteiger partial charge in [0.25, 0.3) is 10.1 Å². The van der Waals surface area contributed by atoms with Gasteiger partial charge in [-0.2, -0.15) is 8.42 Å². The van der Waals surface area contributed by atoms with Crippen LogP contribution in [0.4, 0.5) is 0 Å². The Morgan fingerprint density at radius 1 is 0.750 bits per heavy atom. The van der Waals surface area contributed by atoms with Crippen LogP contribution in [0.3, 0.4) is 0 Å². The molecule has 0 aliphatic rings. The fourth-order valence-electron chi connectivity index (χ4n) is 4.04. The first-order valence-electron chi connectivity index (χ1n) is 11.0. The van der Waals surface area contributed by atoms with Gasteiger partial charge >= 0.3 is 0 Å². The van der Waals surface area contributed by atoms with Gasteiger partial charge in [-0.05, 0) is 53.6 Å². The Balaban J connectivity index is 2.36. The van der Waals surface area contributed by atoms with Crippen LogP contribution >= 0.6 is 0 Å². The van der Waals surface area contributed by atoms with Crippen molar-refractivity contribution < 1.29 is 13.0 Å². The lowest BCUT2D eigenvalue weighted by Crippen LogP contribution is -2.08. The molecule has 0 heterocycles. The Kier molecular flexibility index (Phi) is 9.46. The van der Waals surface area contributed by atoms with Gasteiger partial charge in [-0.1, -0.05) is 89.5 Å². The summed E-state index contributed by atoms with van der Waals surface area (Å²) in [4.78, 5) is 0.116. The predicted molar refractivity (Wildman–Crippen MR) is 119 cm³/mol. The summed E-state index contributed by atoms with van der Waals surface area (Å²) in [7, 11) is -4.23. The highest BCUT2D eigenvalue weighted by Gasteiger charge is 2.21. The van der Waals surface area contributed by atoms with E-state index in [1.54, 1.807) is 6.07 Å². The van der Waals surface area contributed by atoms with Crippen LogP contribution < -0.4 is 0 Å². The molecule has 0 unspecified atom stereocenters. The molecule has 0 amide bonds. The lowest BCUT2D eigenvalue weighted by molar-refractivity contribution is 0.481. The summed E-state index contributed by atoms with van der Waals surface area (Å²) in [6.45, 7) is 4.40. The average molecular weight is 405 g/mol. The molecule has 0 bridgehead atoms. The van der Waals surface area contributed by atoms with Gasteiger partial charge in [-0.15, -0.1) is 0 Å². The SMILES string of the molecule is CCCCCCCc1c(S(=O)(=O)O)cc2ccccc2c1CCCCCCC. The Labute approximate surface area is 171 Å². The highest BCUT2D eigenvalue weighted by Crippen LogP contribution is 2.32. The maximum Gasteiger partial charge on any atom is 0.294 e. The van der Waals surface area contributed by atoms with Gasteiger partial charge in [0.1, 0.15) is 0 Å². The fourth-order valence-corrected chi connectivity index (χ4v) is 4.85. The molecular formula is C24H36O3S. The molecule has 28 heavy (non-hydrogen) atoms. The number of fused-ring (bicyclic) bond motifs is 1. The second-order valence-corrected chi connectivity index (χ2v) is 9.25. The molecule has 156 valence electrons. The van der Waals surface area contributed by atoms with Crippen LogP contribution in [0.5, 0.6) is 0 Å². The number of benzene rings is 2. The van der Waals surface area contributed by atoms with E-state index in [2.05, 4.69) is 19.9 Å². The molecule has 2 aromatic rings. The second-order valence-electron chi connectivity index (χ2n) is 7.86. The summed E-state index contributed by atoms with van der Waals surface area (Å²) in [5.41, 5.74) is 1.96. The standard InChI is InChI=1S/C24H36O3S/c1-3-5-7-9-11-17-22-21-16-14-13-15-20(21)19-24(28(25,26)27)23(22)18-12-10-8-6-4-2/h13-16,19H,3-12,17-18H2,1-2H3,(H,25,26,27). The Hall–Kier alpha value is -1.39. The summed E-state index contributed by atoms with van der Waals surface area (Å²) in [6, 6.07) is 9.62. The van der Waals surface area contributed by atoms with Gasteiger partial charge in [0.05, 0.1) is 4.90 Å². The van der Waals surface area contributed by atoms with Crippen LogP contribution in [0.25, 0.3) is 10.8 Å². The Morgan fingerprint density at radius 2 is 1.29 bits per heavy atom. The number of hydrogen-bond acceptors (Lipinski definition) is 2. The molecule has 1 N–H and O–H groups in total. The summed E-state index contributed by atoms with van der Waals surface area (Å²) < 4.78 is 34.2. The molecule has 0 aliphatic carbocycles. The zero-order chi connectivity index (χ0) is 20.4. The normalized spacial score (nSPS) is 12.0. The maximum absolute atomic E-state index is 12.2. The van der Waals surface area contributed by atoms with Crippen LogP contribution in [-0.4, -0.2) is 13.0 Å². The van der Waals surface area contributed by atoms with E-state index in [1.807, 2.05) is 18.2 Å². The second kappa shape index (κ2) is 11.6. The molecule has 2 rings (SSSR count). The lowest BCUT2D eigenvalue weighted by atomic mass is 9.91. The highest BCUT2D eigenvalue weighted by atomic mass is 32.2. The van der Waals surface area contributed by atoms with E-state index in [1.165, 1.54) is 38.5 Å². The molecule has 0 radical (unpaired) electrons. The maximum atomic E-state index is 12.2. The number of aryl methyl sites for hydroxylation is 1. The van der Waals surface area contributed by atoms with Gasteiger partial charge in [0, 0.05) is 0 Å². The summed E-state index contributed by atoms with van der Waals surface area (Å²) in [6.07, 6.45) is 13.1. The van der Waals surface area contributed by atoms with E-state index in [0.717, 1.165) is 54.0 Å². The smallest absolute Gasteiger partial charge is 0.282 e. The van der Waals surface area contributed by atoms with Crippen molar-refractivity contribution in [3.63, 3.8) is 0 Å². The monoisotopic (exact) mass is 404 g/mol. The first-order chi connectivity index (χ1) is 13.5. The minimum absolute atomic E-state index is 0.116. The molecule has 3 nitrogen and oxygen atoms in total. The molecule has 0 aromatic heterocycles. The fraction of sp³-hybridized carbons (Fsp3) is 0.583. The minimum atomic E-state index is -4.23. The molecule has 4 heteroatoms. The van der Waals surface area contributed by atoms with Crippen molar-refractivity contribution in [2.45, 2.75) is 95.8 Å². The number of rotatable bonds is 13. The molecular weight excluding hydrogens is 368 g/mol. The zero-order valence-corrected chi connectivity index (χ0v) is 18.4. The quantitative estimate of drug-likeness (QED) is 0.286. The molecule has 2 aromatic carbocycles. The third-order valence-corrected chi connectivity index (χ3v) is 6.49. The van der Waals surface area contributed by atoms with Crippen molar-refractivity contribution in [1.29, 1.82) is 0 Å². The van der Waals surface area contributed by atoms with Crippen molar-refractivity contribution in [2.75, 3.05) is 0 Å². The molecule has 0 saturated heterocycles. The van der Waals surface area contributed by atoms with Gasteiger partial charge in [0.15, 0.2) is 0 Å². The lowest BCUT2D eigenvalue weighted by Gasteiger charge is -2.17. The van der Waals surface area contributed by atoms with Gasteiger partial charge in [0.2, 0.25) is 0 Å². The average Bonchev–Trinajstić information content (AvgIpc) is 2.67. The highest BCUT2D eigenvalue weighted by molar-refractivity contribution is 7.85. The molecule has 0 spiro atoms. The van der Waals surface area contributed by atoms with Crippen molar-refractivity contribution in [2.24, 2.45) is 0 Å². The third kappa shape index (κ3) is 6.59. The largest absolute Gasteiger partial charge is 0.294 e. The van der Waals surface area contributed by atoms with Gasteiger partial charge in [-0.3, -0.25) is 4.55 Å². The van der Waals surface area contributed by atoms with Crippen molar-refractivity contribution >= 4 is 20.9 Å². The summed E-state index contributed by atoms with van der Waals surface area (Å²) in [5, 5.41) is 2.03. The van der Waals surface area contributed by atoms with E-state index >= 15 is 0 Å². The van der Waals surface area contributed by atoms with E-state index in [0.29, 0.717) is 6.42 Å². The van der Waals surface area contributed by atoms with E-state index < -0.39 is 10.1 Å². The van der Waals surface area contributed by atoms with Crippen LogP contribution in [0.15, 0.2) is 35.2 Å². The summed E-state index contributed by atoms with van der Waals surface area (Å²) in [5.74, 6) is 0. The van der Waals surface area contributed by atoms with E-state index in [4.69, 9.17) is 0 Å². The van der Waals surface area contributed by atoms with E-state index in [-0.39, 0.29) is 4.90 Å². The van der Waals surface area contributed by atoms with Crippen molar-refractivity contribution in [3.8, 4) is 0 Å². The van der Waals surface area contributed by atoms with Crippen LogP contribution in [-0.2, 0) is 23.0 Å².